The highest BCUT2D eigenvalue weighted by atomic mass is 16.4. The zero-order chi connectivity index (χ0) is 14.7. The maximum absolute atomic E-state index is 9.56. The number of rotatable bonds is 1. The second-order valence-corrected chi connectivity index (χ2v) is 4.66. The molecule has 1 N–H and O–H groups in total. The molecule has 2 aromatic rings. The van der Waals surface area contributed by atoms with E-state index >= 15 is 0 Å². The predicted molar refractivity (Wildman–Crippen MR) is 84.0 cm³/mol. The Morgan fingerprint density at radius 1 is 0.952 bits per heavy atom. The normalized spacial score (nSPS) is 13.3. The summed E-state index contributed by atoms with van der Waals surface area (Å²) in [6, 6.07) is 16.2. The van der Waals surface area contributed by atoms with Gasteiger partial charge in [0.05, 0.1) is 5.57 Å². The zero-order valence-corrected chi connectivity index (χ0v) is 11.2. The monoisotopic (exact) mass is 272 g/mol. The molecule has 1 aliphatic carbocycles. The third-order valence-corrected chi connectivity index (χ3v) is 3.44. The van der Waals surface area contributed by atoms with Crippen LogP contribution in [-0.4, -0.2) is 10.9 Å². The van der Waals surface area contributed by atoms with Crippen molar-refractivity contribution in [2.24, 2.45) is 5.16 Å². The minimum atomic E-state index is 0.467. The van der Waals surface area contributed by atoms with E-state index in [4.69, 9.17) is 5.21 Å². The van der Waals surface area contributed by atoms with Crippen molar-refractivity contribution < 1.29 is 5.21 Å². The molecule has 0 aliphatic heterocycles. The second-order valence-electron chi connectivity index (χ2n) is 4.66. The standard InChI is InChI=1S/C18H12N2O/c19-12-18(14-8-10-15(20-21)11-9-14)17-7-3-5-13-4-1-2-6-16(13)17/h1-11,21H. The molecule has 0 fully saturated rings. The molecule has 0 unspecified atom stereocenters. The lowest BCUT2D eigenvalue weighted by Crippen LogP contribution is -1.96. The molecule has 0 heterocycles. The first-order chi connectivity index (χ1) is 10.3. The van der Waals surface area contributed by atoms with Gasteiger partial charge in [0.25, 0.3) is 0 Å². The number of nitriles is 1. The quantitative estimate of drug-likeness (QED) is 0.483. The zero-order valence-electron chi connectivity index (χ0n) is 11.2. The first-order valence-electron chi connectivity index (χ1n) is 6.54. The van der Waals surface area contributed by atoms with Gasteiger partial charge >= 0.3 is 0 Å². The lowest BCUT2D eigenvalue weighted by Gasteiger charge is -2.09. The molecular formula is C18H12N2O. The highest BCUT2D eigenvalue weighted by molar-refractivity contribution is 6.07. The molecule has 0 bridgehead atoms. The van der Waals surface area contributed by atoms with Crippen LogP contribution in [0.1, 0.15) is 5.56 Å². The molecule has 1 aliphatic rings. The number of benzene rings is 2. The van der Waals surface area contributed by atoms with Crippen LogP contribution in [0.5, 0.6) is 0 Å². The van der Waals surface area contributed by atoms with E-state index < -0.39 is 0 Å². The van der Waals surface area contributed by atoms with Crippen molar-refractivity contribution in [1.82, 2.24) is 0 Å². The molecule has 0 saturated carbocycles. The number of hydrogen-bond donors (Lipinski definition) is 1. The summed E-state index contributed by atoms with van der Waals surface area (Å²) in [5.41, 5.74) is 2.79. The molecule has 3 heteroatoms. The van der Waals surface area contributed by atoms with Crippen molar-refractivity contribution in [1.29, 1.82) is 5.26 Å². The number of allylic oxidation sites excluding steroid dienone is 6. The van der Waals surface area contributed by atoms with Gasteiger partial charge in [-0.25, -0.2) is 0 Å². The fourth-order valence-electron chi connectivity index (χ4n) is 2.42. The fourth-order valence-corrected chi connectivity index (χ4v) is 2.42. The first kappa shape index (κ1) is 12.9. The minimum Gasteiger partial charge on any atom is -0.410 e. The molecule has 2 aromatic carbocycles. The summed E-state index contributed by atoms with van der Waals surface area (Å²) in [5.74, 6) is 0. The van der Waals surface area contributed by atoms with Crippen LogP contribution >= 0.6 is 0 Å². The summed E-state index contributed by atoms with van der Waals surface area (Å²) in [7, 11) is 0. The Morgan fingerprint density at radius 2 is 1.67 bits per heavy atom. The Balaban J connectivity index is 2.21. The summed E-state index contributed by atoms with van der Waals surface area (Å²) in [6.45, 7) is 0. The highest BCUT2D eigenvalue weighted by Crippen LogP contribution is 2.28. The van der Waals surface area contributed by atoms with Crippen molar-refractivity contribution >= 4 is 22.1 Å². The number of oxime groups is 1. The molecule has 0 saturated heterocycles. The van der Waals surface area contributed by atoms with Crippen LogP contribution < -0.4 is 0 Å². The summed E-state index contributed by atoms with van der Waals surface area (Å²) in [5, 5.41) is 23.6. The Bertz CT molecular complexity index is 841. The molecule has 100 valence electrons. The third kappa shape index (κ3) is 2.35. The van der Waals surface area contributed by atoms with Crippen molar-refractivity contribution in [2.75, 3.05) is 0 Å². The molecule has 3 rings (SSSR count). The van der Waals surface area contributed by atoms with Crippen LogP contribution in [0.2, 0.25) is 0 Å². The topological polar surface area (TPSA) is 56.4 Å². The van der Waals surface area contributed by atoms with Crippen molar-refractivity contribution in [3.8, 4) is 6.07 Å². The number of hydrogen-bond acceptors (Lipinski definition) is 3. The van der Waals surface area contributed by atoms with E-state index in [1.807, 2.05) is 42.5 Å². The van der Waals surface area contributed by atoms with Gasteiger partial charge in [-0.15, -0.1) is 0 Å². The van der Waals surface area contributed by atoms with Gasteiger partial charge in [-0.05, 0) is 28.5 Å². The molecule has 3 nitrogen and oxygen atoms in total. The van der Waals surface area contributed by atoms with Crippen LogP contribution in [0.25, 0.3) is 16.3 Å². The van der Waals surface area contributed by atoms with Gasteiger partial charge in [-0.3, -0.25) is 0 Å². The van der Waals surface area contributed by atoms with Crippen molar-refractivity contribution in [3.63, 3.8) is 0 Å². The molecule has 21 heavy (non-hydrogen) atoms. The van der Waals surface area contributed by atoms with Crippen LogP contribution in [0.3, 0.4) is 0 Å². The van der Waals surface area contributed by atoms with E-state index in [1.165, 1.54) is 0 Å². The van der Waals surface area contributed by atoms with Gasteiger partial charge in [0.2, 0.25) is 0 Å². The van der Waals surface area contributed by atoms with E-state index in [1.54, 1.807) is 24.3 Å². The van der Waals surface area contributed by atoms with Crippen LogP contribution in [0.15, 0.2) is 77.5 Å². The SMILES string of the molecule is N#CC(=C1C=CC(=NO)C=C1)c1cccc2ccccc12. The smallest absolute Gasteiger partial charge is 0.102 e. The van der Waals surface area contributed by atoms with Crippen LogP contribution in [0, 0.1) is 11.3 Å². The Hall–Kier alpha value is -3.12. The van der Waals surface area contributed by atoms with Gasteiger partial charge in [-0.2, -0.15) is 5.26 Å². The molecule has 0 aromatic heterocycles. The maximum atomic E-state index is 9.56. The van der Waals surface area contributed by atoms with Crippen molar-refractivity contribution in [3.05, 3.63) is 77.9 Å². The largest absolute Gasteiger partial charge is 0.410 e. The first-order valence-corrected chi connectivity index (χ1v) is 6.54. The van der Waals surface area contributed by atoms with Gasteiger partial charge in [0, 0.05) is 5.56 Å². The Labute approximate surface area is 122 Å². The Kier molecular flexibility index (Phi) is 3.36. The average molecular weight is 272 g/mol. The number of fused-ring (bicyclic) bond motifs is 1. The van der Waals surface area contributed by atoms with Gasteiger partial charge in [0.1, 0.15) is 11.8 Å². The molecule has 0 radical (unpaired) electrons. The molecular weight excluding hydrogens is 260 g/mol. The molecule has 0 amide bonds. The minimum absolute atomic E-state index is 0.467. The lowest BCUT2D eigenvalue weighted by molar-refractivity contribution is 0.320. The number of nitrogens with zero attached hydrogens (tertiary/aromatic N) is 2. The molecule has 0 atom stereocenters. The van der Waals surface area contributed by atoms with Gasteiger partial charge in [-0.1, -0.05) is 59.8 Å². The second kappa shape index (κ2) is 5.48. The maximum Gasteiger partial charge on any atom is 0.102 e. The van der Waals surface area contributed by atoms with E-state index in [9.17, 15) is 5.26 Å². The van der Waals surface area contributed by atoms with Gasteiger partial charge in [0.15, 0.2) is 0 Å². The van der Waals surface area contributed by atoms with E-state index in [0.717, 1.165) is 21.9 Å². The van der Waals surface area contributed by atoms with Gasteiger partial charge < -0.3 is 5.21 Å². The summed E-state index contributed by atoms with van der Waals surface area (Å²) < 4.78 is 0. The highest BCUT2D eigenvalue weighted by Gasteiger charge is 2.10. The van der Waals surface area contributed by atoms with E-state index in [2.05, 4.69) is 11.2 Å². The summed E-state index contributed by atoms with van der Waals surface area (Å²) in [4.78, 5) is 0. The average Bonchev–Trinajstić information content (AvgIpc) is 2.56. The molecule has 0 spiro atoms. The predicted octanol–water partition coefficient (Wildman–Crippen LogP) is 4.07. The van der Waals surface area contributed by atoms with Crippen LogP contribution in [0.4, 0.5) is 0 Å². The fraction of sp³-hybridized carbons (Fsp3) is 0. The summed E-state index contributed by atoms with van der Waals surface area (Å²) >= 11 is 0. The van der Waals surface area contributed by atoms with Crippen LogP contribution in [-0.2, 0) is 0 Å². The van der Waals surface area contributed by atoms with E-state index in [-0.39, 0.29) is 0 Å². The summed E-state index contributed by atoms with van der Waals surface area (Å²) in [6.07, 6.45) is 6.93. The lowest BCUT2D eigenvalue weighted by atomic mass is 9.93. The van der Waals surface area contributed by atoms with E-state index in [0.29, 0.717) is 11.3 Å². The van der Waals surface area contributed by atoms with Crippen molar-refractivity contribution in [2.45, 2.75) is 0 Å². The Morgan fingerprint density at radius 3 is 2.38 bits per heavy atom. The third-order valence-electron chi connectivity index (χ3n) is 3.44.